The Bertz CT molecular complexity index is 808. The van der Waals surface area contributed by atoms with Gasteiger partial charge in [-0.3, -0.25) is 5.32 Å². The van der Waals surface area contributed by atoms with Crippen LogP contribution in [0.5, 0.6) is 0 Å². The van der Waals surface area contributed by atoms with Gasteiger partial charge in [-0.2, -0.15) is 0 Å². The molecule has 1 amide bonds. The van der Waals surface area contributed by atoms with Gasteiger partial charge in [0.1, 0.15) is 11.4 Å². The lowest BCUT2D eigenvalue weighted by Gasteiger charge is -2.20. The van der Waals surface area contributed by atoms with Gasteiger partial charge in [0, 0.05) is 6.54 Å². The zero-order valence-electron chi connectivity index (χ0n) is 17.8. The van der Waals surface area contributed by atoms with Gasteiger partial charge >= 0.3 is 6.09 Å². The lowest BCUT2D eigenvalue weighted by Crippen LogP contribution is -2.35. The zero-order chi connectivity index (χ0) is 20.9. The van der Waals surface area contributed by atoms with Crippen LogP contribution in [0.4, 0.5) is 4.79 Å². The van der Waals surface area contributed by atoms with Crippen molar-refractivity contribution in [2.45, 2.75) is 59.1 Å². The third-order valence-corrected chi connectivity index (χ3v) is 4.20. The van der Waals surface area contributed by atoms with Crippen molar-refractivity contribution in [3.63, 3.8) is 0 Å². The summed E-state index contributed by atoms with van der Waals surface area (Å²) < 4.78 is 5.20. The highest BCUT2D eigenvalue weighted by Crippen LogP contribution is 2.26. The van der Waals surface area contributed by atoms with Gasteiger partial charge in [0.2, 0.25) is 0 Å². The molecule has 0 fully saturated rings. The molecule has 0 aliphatic heterocycles. The second-order valence-corrected chi connectivity index (χ2v) is 8.98. The van der Waals surface area contributed by atoms with Crippen molar-refractivity contribution >= 4 is 6.09 Å². The van der Waals surface area contributed by atoms with Gasteiger partial charge in [0.25, 0.3) is 0 Å². The van der Waals surface area contributed by atoms with Gasteiger partial charge < -0.3 is 10.1 Å². The van der Waals surface area contributed by atoms with E-state index in [1.54, 1.807) is 0 Å². The molecule has 0 unspecified atom stereocenters. The van der Waals surface area contributed by atoms with Crippen LogP contribution in [0, 0.1) is 0 Å². The molecule has 150 valence electrons. The summed E-state index contributed by atoms with van der Waals surface area (Å²) in [6, 6.07) is 17.1. The molecule has 0 aromatic heterocycles. The Hall–Kier alpha value is -2.75. The first kappa shape index (κ1) is 21.5. The van der Waals surface area contributed by atoms with Crippen LogP contribution in [0.15, 0.2) is 60.9 Å². The highest BCUT2D eigenvalue weighted by Gasteiger charge is 2.16. The lowest BCUT2D eigenvalue weighted by molar-refractivity contribution is 0.0542. The van der Waals surface area contributed by atoms with E-state index in [1.807, 2.05) is 20.8 Å². The van der Waals surface area contributed by atoms with E-state index in [2.05, 4.69) is 86.5 Å². The van der Waals surface area contributed by atoms with Crippen molar-refractivity contribution in [2.24, 2.45) is 0 Å². The van der Waals surface area contributed by atoms with Crippen LogP contribution < -0.4 is 10.6 Å². The molecule has 0 atom stereocenters. The number of rotatable bonds is 5. The molecule has 0 saturated carbocycles. The second kappa shape index (κ2) is 8.51. The van der Waals surface area contributed by atoms with E-state index in [0.717, 1.165) is 5.56 Å². The van der Waals surface area contributed by atoms with E-state index in [0.29, 0.717) is 12.4 Å². The van der Waals surface area contributed by atoms with Crippen LogP contribution in [0.3, 0.4) is 0 Å². The zero-order valence-corrected chi connectivity index (χ0v) is 17.8. The van der Waals surface area contributed by atoms with E-state index in [9.17, 15) is 4.79 Å². The van der Waals surface area contributed by atoms with Gasteiger partial charge in [-0.1, -0.05) is 75.9 Å². The minimum atomic E-state index is -0.536. The van der Waals surface area contributed by atoms with E-state index >= 15 is 0 Å². The molecule has 2 aromatic rings. The SMILES string of the molecule is C=C(NCc1ccc(-c2ccc(C(C)(C)C)cc2)cc1)NC(=O)OC(C)(C)C. The summed E-state index contributed by atoms with van der Waals surface area (Å²) >= 11 is 0. The molecule has 0 bridgehead atoms. The van der Waals surface area contributed by atoms with Crippen molar-refractivity contribution < 1.29 is 9.53 Å². The fourth-order valence-electron chi connectivity index (χ4n) is 2.66. The molecule has 0 heterocycles. The van der Waals surface area contributed by atoms with Crippen LogP contribution in [0.1, 0.15) is 52.7 Å². The third-order valence-electron chi connectivity index (χ3n) is 4.20. The Morgan fingerprint density at radius 2 is 1.39 bits per heavy atom. The summed E-state index contributed by atoms with van der Waals surface area (Å²) in [5.74, 6) is 0.413. The second-order valence-electron chi connectivity index (χ2n) is 8.98. The highest BCUT2D eigenvalue weighted by atomic mass is 16.6. The number of hydrogen-bond donors (Lipinski definition) is 2. The van der Waals surface area contributed by atoms with Crippen molar-refractivity contribution in [1.82, 2.24) is 10.6 Å². The fraction of sp³-hybridized carbons (Fsp3) is 0.375. The van der Waals surface area contributed by atoms with Gasteiger partial charge in [-0.25, -0.2) is 4.79 Å². The Labute approximate surface area is 169 Å². The summed E-state index contributed by atoms with van der Waals surface area (Å²) in [7, 11) is 0. The third kappa shape index (κ3) is 6.76. The van der Waals surface area contributed by atoms with Crippen molar-refractivity contribution in [3.05, 3.63) is 72.1 Å². The average Bonchev–Trinajstić information content (AvgIpc) is 2.58. The van der Waals surface area contributed by atoms with Gasteiger partial charge in [-0.15, -0.1) is 0 Å². The van der Waals surface area contributed by atoms with E-state index < -0.39 is 11.7 Å². The van der Waals surface area contributed by atoms with E-state index in [4.69, 9.17) is 4.74 Å². The molecule has 2 rings (SSSR count). The van der Waals surface area contributed by atoms with Gasteiger partial charge in [-0.05, 0) is 48.4 Å². The minimum Gasteiger partial charge on any atom is -0.444 e. The molecule has 2 N–H and O–H groups in total. The van der Waals surface area contributed by atoms with Crippen LogP contribution in [0.2, 0.25) is 0 Å². The normalized spacial score (nSPS) is 11.6. The maximum Gasteiger partial charge on any atom is 0.413 e. The van der Waals surface area contributed by atoms with Crippen LogP contribution in [0.25, 0.3) is 11.1 Å². The van der Waals surface area contributed by atoms with Gasteiger partial charge in [0.05, 0.1) is 0 Å². The maximum absolute atomic E-state index is 11.7. The van der Waals surface area contributed by atoms with Crippen molar-refractivity contribution in [2.75, 3.05) is 0 Å². The Kier molecular flexibility index (Phi) is 6.55. The summed E-state index contributed by atoms with van der Waals surface area (Å²) in [5.41, 5.74) is 4.42. The number of ether oxygens (including phenoxy) is 1. The van der Waals surface area contributed by atoms with Crippen LogP contribution in [-0.2, 0) is 16.7 Å². The van der Waals surface area contributed by atoms with Crippen LogP contribution in [-0.4, -0.2) is 11.7 Å². The fourth-order valence-corrected chi connectivity index (χ4v) is 2.66. The van der Waals surface area contributed by atoms with E-state index in [-0.39, 0.29) is 5.41 Å². The first-order chi connectivity index (χ1) is 12.9. The number of carbonyl (C=O) groups is 1. The summed E-state index contributed by atoms with van der Waals surface area (Å²) in [4.78, 5) is 11.7. The number of hydrogen-bond acceptors (Lipinski definition) is 3. The number of benzene rings is 2. The standard InChI is InChI=1S/C24H32N2O2/c1-17(26-22(27)28-24(5,6)7)25-16-18-8-10-19(11-9-18)20-12-14-21(15-13-20)23(2,3)4/h8-15,25H,1,16H2,2-7H3,(H,26,27). The predicted molar refractivity (Wildman–Crippen MR) is 116 cm³/mol. The first-order valence-electron chi connectivity index (χ1n) is 9.57. The predicted octanol–water partition coefficient (Wildman–Crippen LogP) is 5.74. The topological polar surface area (TPSA) is 50.4 Å². The molecule has 28 heavy (non-hydrogen) atoms. The number of alkyl carbamates (subject to hydrolysis) is 1. The Morgan fingerprint density at radius 3 is 1.86 bits per heavy atom. The molecule has 0 radical (unpaired) electrons. The molecule has 4 nitrogen and oxygen atoms in total. The molecule has 0 aliphatic carbocycles. The number of carbonyl (C=O) groups excluding carboxylic acids is 1. The minimum absolute atomic E-state index is 0.157. The largest absolute Gasteiger partial charge is 0.444 e. The lowest BCUT2D eigenvalue weighted by atomic mass is 9.86. The van der Waals surface area contributed by atoms with E-state index in [1.165, 1.54) is 16.7 Å². The summed E-state index contributed by atoms with van der Waals surface area (Å²) in [6.45, 7) is 16.5. The molecule has 4 heteroatoms. The molecule has 2 aromatic carbocycles. The summed E-state index contributed by atoms with van der Waals surface area (Å²) in [6.07, 6.45) is -0.515. The molecule has 0 saturated heterocycles. The number of nitrogens with one attached hydrogen (secondary N) is 2. The first-order valence-corrected chi connectivity index (χ1v) is 9.57. The number of amides is 1. The average molecular weight is 381 g/mol. The molecule has 0 aliphatic rings. The monoisotopic (exact) mass is 380 g/mol. The van der Waals surface area contributed by atoms with Crippen molar-refractivity contribution in [3.8, 4) is 11.1 Å². The molecular weight excluding hydrogens is 348 g/mol. The Morgan fingerprint density at radius 1 is 0.893 bits per heavy atom. The maximum atomic E-state index is 11.7. The van der Waals surface area contributed by atoms with Crippen molar-refractivity contribution in [1.29, 1.82) is 0 Å². The quantitative estimate of drug-likeness (QED) is 0.696. The smallest absolute Gasteiger partial charge is 0.413 e. The summed E-state index contributed by atoms with van der Waals surface area (Å²) in [5, 5.41) is 5.69. The van der Waals surface area contributed by atoms with Crippen LogP contribution >= 0.6 is 0 Å². The molecule has 0 spiro atoms. The Balaban J connectivity index is 1.91. The molecular formula is C24H32N2O2. The van der Waals surface area contributed by atoms with Gasteiger partial charge in [0.15, 0.2) is 0 Å². The highest BCUT2D eigenvalue weighted by molar-refractivity contribution is 5.69.